The molecule has 0 saturated carbocycles. The molecule has 0 radical (unpaired) electrons. The van der Waals surface area contributed by atoms with Crippen molar-refractivity contribution in [3.8, 4) is 0 Å². The van der Waals surface area contributed by atoms with Crippen molar-refractivity contribution >= 4 is 72.9 Å². The van der Waals surface area contributed by atoms with Crippen molar-refractivity contribution in [3.05, 3.63) is 61.0 Å². The highest BCUT2D eigenvalue weighted by Gasteiger charge is 2.08. The number of benzene rings is 2. The fourth-order valence-corrected chi connectivity index (χ4v) is 3.81. The van der Waals surface area contributed by atoms with Crippen molar-refractivity contribution < 1.29 is 4.79 Å². The van der Waals surface area contributed by atoms with Gasteiger partial charge in [0.25, 0.3) is 5.91 Å². The molecule has 0 heterocycles. The standard InChI is InChI=1S/C15H11Br2Cl2N3O/c16-11-5-10(18)6-12(17)15(11)20-8-14(23)22-21-7-9-3-1-2-4-13(9)19/h1-7,20H,8H2,(H,22,23)/b21-7+. The second kappa shape index (κ2) is 8.68. The molecule has 0 atom stereocenters. The number of hydrazone groups is 1. The zero-order chi connectivity index (χ0) is 16.8. The minimum atomic E-state index is -0.290. The molecule has 120 valence electrons. The molecule has 0 aromatic heterocycles. The van der Waals surface area contributed by atoms with Crippen LogP contribution in [0.2, 0.25) is 10.0 Å². The number of hydrogen-bond donors (Lipinski definition) is 2. The third kappa shape index (κ3) is 5.49. The molecule has 2 rings (SSSR count). The maximum absolute atomic E-state index is 11.8. The van der Waals surface area contributed by atoms with E-state index in [2.05, 4.69) is 47.7 Å². The fraction of sp³-hybridized carbons (Fsp3) is 0.0667. The Morgan fingerprint density at radius 1 is 1.17 bits per heavy atom. The van der Waals surface area contributed by atoms with Gasteiger partial charge in [0.05, 0.1) is 18.4 Å². The number of anilines is 1. The van der Waals surface area contributed by atoms with Gasteiger partial charge in [-0.15, -0.1) is 0 Å². The Morgan fingerprint density at radius 2 is 1.83 bits per heavy atom. The van der Waals surface area contributed by atoms with Gasteiger partial charge >= 0.3 is 0 Å². The molecule has 0 fully saturated rings. The number of rotatable bonds is 5. The second-order valence-corrected chi connectivity index (χ2v) is 6.96. The molecule has 0 spiro atoms. The van der Waals surface area contributed by atoms with E-state index in [1.165, 1.54) is 6.21 Å². The van der Waals surface area contributed by atoms with E-state index in [0.717, 1.165) is 20.2 Å². The van der Waals surface area contributed by atoms with E-state index in [4.69, 9.17) is 23.2 Å². The molecule has 0 unspecified atom stereocenters. The molecule has 2 N–H and O–H groups in total. The number of carbonyl (C=O) groups excluding carboxylic acids is 1. The Morgan fingerprint density at radius 3 is 2.48 bits per heavy atom. The van der Waals surface area contributed by atoms with Crippen molar-refractivity contribution in [1.82, 2.24) is 5.43 Å². The van der Waals surface area contributed by atoms with Gasteiger partial charge in [-0.3, -0.25) is 4.79 Å². The number of amides is 1. The quantitative estimate of drug-likeness (QED) is 0.464. The molecule has 8 heteroatoms. The van der Waals surface area contributed by atoms with Crippen molar-refractivity contribution in [2.24, 2.45) is 5.10 Å². The smallest absolute Gasteiger partial charge is 0.259 e. The van der Waals surface area contributed by atoms with Crippen LogP contribution in [-0.2, 0) is 4.79 Å². The predicted molar refractivity (Wildman–Crippen MR) is 103 cm³/mol. The first-order valence-corrected chi connectivity index (χ1v) is 8.76. The van der Waals surface area contributed by atoms with Gasteiger partial charge < -0.3 is 5.32 Å². The normalized spacial score (nSPS) is 10.8. The van der Waals surface area contributed by atoms with Gasteiger partial charge in [-0.05, 0) is 50.1 Å². The van der Waals surface area contributed by atoms with Gasteiger partial charge in [0.1, 0.15) is 0 Å². The zero-order valence-electron chi connectivity index (χ0n) is 11.6. The Bertz CT molecular complexity index is 730. The molecule has 0 saturated heterocycles. The third-order valence-electron chi connectivity index (χ3n) is 2.73. The minimum absolute atomic E-state index is 0.0543. The van der Waals surface area contributed by atoms with Crippen LogP contribution in [0.25, 0.3) is 0 Å². The molecule has 23 heavy (non-hydrogen) atoms. The average molecular weight is 480 g/mol. The van der Waals surface area contributed by atoms with Crippen LogP contribution >= 0.6 is 55.1 Å². The first-order chi connectivity index (χ1) is 11.0. The van der Waals surface area contributed by atoms with Gasteiger partial charge in [0, 0.05) is 24.6 Å². The summed E-state index contributed by atoms with van der Waals surface area (Å²) in [6.45, 7) is 0.0543. The maximum Gasteiger partial charge on any atom is 0.259 e. The van der Waals surface area contributed by atoms with E-state index in [1.807, 2.05) is 12.1 Å². The summed E-state index contributed by atoms with van der Waals surface area (Å²) in [7, 11) is 0. The number of halogens is 4. The lowest BCUT2D eigenvalue weighted by molar-refractivity contribution is -0.119. The van der Waals surface area contributed by atoms with Gasteiger partial charge in [-0.1, -0.05) is 41.4 Å². The highest BCUT2D eigenvalue weighted by atomic mass is 79.9. The van der Waals surface area contributed by atoms with Gasteiger partial charge in [0.15, 0.2) is 0 Å². The summed E-state index contributed by atoms with van der Waals surface area (Å²) < 4.78 is 1.51. The predicted octanol–water partition coefficient (Wildman–Crippen LogP) is 5.08. The molecule has 0 aliphatic carbocycles. The van der Waals surface area contributed by atoms with E-state index < -0.39 is 0 Å². The lowest BCUT2D eigenvalue weighted by Gasteiger charge is -2.10. The molecule has 1 amide bonds. The molecule has 4 nitrogen and oxygen atoms in total. The summed E-state index contributed by atoms with van der Waals surface area (Å²) in [5.74, 6) is -0.290. The number of carbonyl (C=O) groups is 1. The Kier molecular flexibility index (Phi) is 6.89. The Hall–Kier alpha value is -1.08. The van der Waals surface area contributed by atoms with E-state index in [0.29, 0.717) is 10.0 Å². The molecule has 0 aliphatic heterocycles. The number of nitrogens with one attached hydrogen (secondary N) is 2. The van der Waals surface area contributed by atoms with Crippen LogP contribution < -0.4 is 10.7 Å². The second-order valence-electron chi connectivity index (χ2n) is 4.41. The highest BCUT2D eigenvalue weighted by molar-refractivity contribution is 9.11. The molecular weight excluding hydrogens is 469 g/mol. The summed E-state index contributed by atoms with van der Waals surface area (Å²) in [5.41, 5.74) is 3.89. The van der Waals surface area contributed by atoms with E-state index in [9.17, 15) is 4.79 Å². The van der Waals surface area contributed by atoms with Crippen molar-refractivity contribution in [1.29, 1.82) is 0 Å². The Balaban J connectivity index is 1.90. The third-order valence-corrected chi connectivity index (χ3v) is 4.54. The topological polar surface area (TPSA) is 53.5 Å². The van der Waals surface area contributed by atoms with Crippen molar-refractivity contribution in [3.63, 3.8) is 0 Å². The number of nitrogens with zero attached hydrogens (tertiary/aromatic N) is 1. The molecule has 0 aliphatic rings. The first-order valence-electron chi connectivity index (χ1n) is 6.42. The molecule has 2 aromatic rings. The fourth-order valence-electron chi connectivity index (χ4n) is 1.67. The first kappa shape index (κ1) is 18.3. The van der Waals surface area contributed by atoms with Gasteiger partial charge in [-0.25, -0.2) is 5.43 Å². The molecule has 0 bridgehead atoms. The van der Waals surface area contributed by atoms with E-state index >= 15 is 0 Å². The van der Waals surface area contributed by atoms with Crippen molar-refractivity contribution in [2.45, 2.75) is 0 Å². The van der Waals surface area contributed by atoms with Crippen LogP contribution in [0.15, 0.2) is 50.4 Å². The van der Waals surface area contributed by atoms with Crippen LogP contribution in [0.3, 0.4) is 0 Å². The van der Waals surface area contributed by atoms with E-state index in [-0.39, 0.29) is 12.5 Å². The lowest BCUT2D eigenvalue weighted by Crippen LogP contribution is -2.26. The number of hydrogen-bond acceptors (Lipinski definition) is 3. The molecule has 2 aromatic carbocycles. The van der Waals surface area contributed by atoms with Crippen LogP contribution in [0.1, 0.15) is 5.56 Å². The highest BCUT2D eigenvalue weighted by Crippen LogP contribution is 2.33. The van der Waals surface area contributed by atoms with Crippen LogP contribution in [0, 0.1) is 0 Å². The summed E-state index contributed by atoms with van der Waals surface area (Å²) in [6, 6.07) is 10.7. The van der Waals surface area contributed by atoms with Crippen LogP contribution in [0.4, 0.5) is 5.69 Å². The van der Waals surface area contributed by atoms with Crippen LogP contribution in [0.5, 0.6) is 0 Å². The summed E-state index contributed by atoms with van der Waals surface area (Å²) in [6.07, 6.45) is 1.49. The van der Waals surface area contributed by atoms with Crippen molar-refractivity contribution in [2.75, 3.05) is 11.9 Å². The minimum Gasteiger partial charge on any atom is -0.374 e. The Labute approximate surface area is 160 Å². The monoisotopic (exact) mass is 477 g/mol. The lowest BCUT2D eigenvalue weighted by atomic mass is 10.2. The average Bonchev–Trinajstić information content (AvgIpc) is 2.48. The molecular formula is C15H11Br2Cl2N3O. The zero-order valence-corrected chi connectivity index (χ0v) is 16.3. The SMILES string of the molecule is O=C(CNc1c(Br)cc(Cl)cc1Br)N/N=C/c1ccccc1Cl. The summed E-state index contributed by atoms with van der Waals surface area (Å²) in [4.78, 5) is 11.8. The largest absolute Gasteiger partial charge is 0.374 e. The van der Waals surface area contributed by atoms with Gasteiger partial charge in [-0.2, -0.15) is 5.10 Å². The summed E-state index contributed by atoms with van der Waals surface area (Å²) >= 11 is 18.7. The van der Waals surface area contributed by atoms with Crippen LogP contribution in [-0.4, -0.2) is 18.7 Å². The van der Waals surface area contributed by atoms with E-state index in [1.54, 1.807) is 24.3 Å². The van der Waals surface area contributed by atoms with Gasteiger partial charge in [0.2, 0.25) is 0 Å². The summed E-state index contributed by atoms with van der Waals surface area (Å²) in [5, 5.41) is 8.04. The maximum atomic E-state index is 11.8.